The molecular weight excluding hydrogens is 916 g/mol. The molecule has 0 bridgehead atoms. The molecule has 4 N–H and O–H groups in total. The van der Waals surface area contributed by atoms with Crippen molar-refractivity contribution >= 4 is 17.7 Å². The molecule has 2 aromatic heterocycles. The summed E-state index contributed by atoms with van der Waals surface area (Å²) in [6.45, 7) is 4.66. The van der Waals surface area contributed by atoms with Crippen LogP contribution < -0.4 is 16.0 Å². The van der Waals surface area contributed by atoms with E-state index in [4.69, 9.17) is 28.4 Å². The first-order chi connectivity index (χ1) is 33.8. The highest BCUT2D eigenvalue weighted by Gasteiger charge is 2.48. The number of aliphatic hydroxyl groups excluding tert-OH is 1. The first kappa shape index (κ1) is 53.9. The van der Waals surface area contributed by atoms with E-state index in [1.54, 1.807) is 24.4 Å². The van der Waals surface area contributed by atoms with Gasteiger partial charge in [0.2, 0.25) is 17.7 Å². The number of carbonyl (C=O) groups is 3. The number of aromatic nitrogens is 2. The van der Waals surface area contributed by atoms with Crippen LogP contribution in [0.5, 0.6) is 0 Å². The Labute approximate surface area is 409 Å². The van der Waals surface area contributed by atoms with Crippen molar-refractivity contribution < 1.29 is 61.1 Å². The zero-order valence-corrected chi connectivity index (χ0v) is 40.8. The van der Waals surface area contributed by atoms with Gasteiger partial charge in [0.15, 0.2) is 0 Å². The van der Waals surface area contributed by atoms with E-state index in [9.17, 15) is 32.7 Å². The molecule has 7 rings (SSSR count). The van der Waals surface area contributed by atoms with Gasteiger partial charge in [-0.2, -0.15) is 13.2 Å². The van der Waals surface area contributed by atoms with Crippen LogP contribution in [0.15, 0.2) is 36.8 Å². The number of alkyl halides is 3. The van der Waals surface area contributed by atoms with Crippen LogP contribution in [-0.4, -0.2) is 166 Å². The fourth-order valence-electron chi connectivity index (χ4n) is 11.0. The lowest BCUT2D eigenvalue weighted by Crippen LogP contribution is -2.51. The summed E-state index contributed by atoms with van der Waals surface area (Å²) in [4.78, 5) is 52.1. The summed E-state index contributed by atoms with van der Waals surface area (Å²) in [7, 11) is 3.49. The van der Waals surface area contributed by atoms with E-state index >= 15 is 0 Å². The normalized spacial score (nSPS) is 28.4. The van der Waals surface area contributed by atoms with Crippen molar-refractivity contribution in [3.63, 3.8) is 0 Å². The maximum atomic E-state index is 14.5. The summed E-state index contributed by atoms with van der Waals surface area (Å²) < 4.78 is 75.4. The number of nitrogens with one attached hydrogen (secondary N) is 3. The third kappa shape index (κ3) is 14.9. The summed E-state index contributed by atoms with van der Waals surface area (Å²) in [5, 5.41) is 20.1. The second-order valence-electron chi connectivity index (χ2n) is 19.5. The van der Waals surface area contributed by atoms with Crippen LogP contribution in [0.4, 0.5) is 13.2 Å². The predicted octanol–water partition coefficient (Wildman–Crippen LogP) is 4.10. The molecule has 3 amide bonds. The average molecular weight is 990 g/mol. The Morgan fingerprint density at radius 2 is 1.71 bits per heavy atom. The molecule has 3 aliphatic heterocycles. The summed E-state index contributed by atoms with van der Waals surface area (Å²) >= 11 is 0. The number of hydrogen-bond acceptors (Lipinski definition) is 14. The minimum absolute atomic E-state index is 0.0544. The van der Waals surface area contributed by atoms with Gasteiger partial charge in [0, 0.05) is 95.5 Å². The number of pyridine rings is 2. The number of methoxy groups -OCH3 is 1. The van der Waals surface area contributed by atoms with Crippen molar-refractivity contribution in [3.8, 4) is 0 Å². The van der Waals surface area contributed by atoms with Gasteiger partial charge in [0.1, 0.15) is 6.23 Å². The van der Waals surface area contributed by atoms with E-state index < -0.39 is 23.4 Å². The van der Waals surface area contributed by atoms with Crippen LogP contribution in [0.1, 0.15) is 105 Å². The summed E-state index contributed by atoms with van der Waals surface area (Å²) in [5.74, 6) is -0.677. The van der Waals surface area contributed by atoms with E-state index in [1.165, 1.54) is 0 Å². The van der Waals surface area contributed by atoms with Crippen molar-refractivity contribution in [2.45, 2.75) is 139 Å². The van der Waals surface area contributed by atoms with Crippen LogP contribution in [0.2, 0.25) is 0 Å². The largest absolute Gasteiger partial charge is 0.417 e. The van der Waals surface area contributed by atoms with Crippen molar-refractivity contribution in [1.82, 2.24) is 35.7 Å². The molecular formula is C50H74F3N7O10. The van der Waals surface area contributed by atoms with Gasteiger partial charge in [0.05, 0.1) is 87.5 Å². The van der Waals surface area contributed by atoms with Gasteiger partial charge in [-0.1, -0.05) is 6.07 Å². The number of amides is 3. The molecule has 5 heterocycles. The van der Waals surface area contributed by atoms with E-state index in [1.807, 2.05) is 24.1 Å². The summed E-state index contributed by atoms with van der Waals surface area (Å²) in [5.41, 5.74) is 0.391. The molecule has 390 valence electrons. The van der Waals surface area contributed by atoms with Gasteiger partial charge in [-0.25, -0.2) is 0 Å². The number of likely N-dealkylation sites (tertiary alicyclic amines) is 1. The predicted molar refractivity (Wildman–Crippen MR) is 250 cm³/mol. The van der Waals surface area contributed by atoms with Crippen molar-refractivity contribution in [2.75, 3.05) is 86.6 Å². The Kier molecular flexibility index (Phi) is 20.2. The molecule has 2 aliphatic carbocycles. The fourth-order valence-corrected chi connectivity index (χ4v) is 11.0. The maximum Gasteiger partial charge on any atom is 0.417 e. The molecule has 0 spiro atoms. The van der Waals surface area contributed by atoms with Gasteiger partial charge in [-0.05, 0) is 94.5 Å². The molecule has 0 aromatic carbocycles. The highest BCUT2D eigenvalue weighted by molar-refractivity contribution is 5.83. The Morgan fingerprint density at radius 1 is 0.957 bits per heavy atom. The number of carbonyl (C=O) groups excluding carboxylic acids is 3. The van der Waals surface area contributed by atoms with Gasteiger partial charge in [0.25, 0.3) is 0 Å². The third-order valence-corrected chi connectivity index (χ3v) is 14.8. The molecule has 7 atom stereocenters. The molecule has 5 aliphatic rings. The van der Waals surface area contributed by atoms with Crippen molar-refractivity contribution in [2.24, 2.45) is 11.3 Å². The molecule has 1 unspecified atom stereocenters. The topological polar surface area (TPSA) is 195 Å². The second kappa shape index (κ2) is 26.2. The summed E-state index contributed by atoms with van der Waals surface area (Å²) in [6, 6.07) is 4.80. The van der Waals surface area contributed by atoms with Gasteiger partial charge in [-0.3, -0.25) is 29.3 Å². The zero-order chi connectivity index (χ0) is 49.5. The number of hydrogen-bond donors (Lipinski definition) is 4. The maximum absolute atomic E-state index is 14.5. The first-order valence-electron chi connectivity index (χ1n) is 25.3. The molecule has 2 saturated heterocycles. The van der Waals surface area contributed by atoms with Crippen LogP contribution in [0.3, 0.4) is 0 Å². The molecule has 4 fully saturated rings. The minimum Gasteiger partial charge on any atom is -0.379 e. The number of nitrogens with zero attached hydrogens (tertiary/aromatic N) is 4. The van der Waals surface area contributed by atoms with E-state index in [2.05, 4.69) is 25.9 Å². The monoisotopic (exact) mass is 990 g/mol. The molecule has 70 heavy (non-hydrogen) atoms. The van der Waals surface area contributed by atoms with Crippen LogP contribution in [0, 0.1) is 11.3 Å². The standard InChI is InChI=1S/C50H74F3N7O10/c1-59-45(62)28-40(46(59)34-5-3-16-54-30-34)47(63)56-18-22-69-38-6-8-39(9-7-38)70-26-25-67-24-23-66-21-13-44(61)55-17-4-14-49(15-10-37(29-49)58-42-12-20-68-33-43(42)65-2)48(64)60-19-11-41-35(32-60)27-36(31-57-41)50(51,52)53/h3,5,16,27,30-31,37-40,42-43,45-46,58,62H,4,6-15,17-26,28-29,32-33H2,1-2H3,(H,55,61)(H,56,63)/t37-,38-,39-,40+,42+,43-,45?,46-,49+/m1/s1. The van der Waals surface area contributed by atoms with Crippen LogP contribution in [-0.2, 0) is 61.9 Å². The SMILES string of the molecule is CO[C@@H]1COCC[C@@H]1N[C@@H]1CC[C@](CCCNC(=O)CCOCCOCCO[C@H]2CC[C@H](OCCNC(=O)[C@H]3CC(O)N(C)[C@@H]3c3cccnc3)CC2)(C(=O)N2CCc3ncc(C(F)(F)F)cc3C2)C1. The third-order valence-electron chi connectivity index (χ3n) is 14.8. The first-order valence-corrected chi connectivity index (χ1v) is 25.3. The molecule has 17 nitrogen and oxygen atoms in total. The number of rotatable bonds is 24. The number of halogens is 3. The lowest BCUT2D eigenvalue weighted by Gasteiger charge is -2.38. The molecule has 2 aromatic rings. The van der Waals surface area contributed by atoms with Gasteiger partial charge < -0.3 is 54.4 Å². The van der Waals surface area contributed by atoms with Gasteiger partial charge >= 0.3 is 6.18 Å². The quantitative estimate of drug-likeness (QED) is 0.110. The Hall–Kier alpha value is -3.86. The van der Waals surface area contributed by atoms with E-state index in [-0.39, 0.29) is 79.6 Å². The van der Waals surface area contributed by atoms with Gasteiger partial charge in [-0.15, -0.1) is 0 Å². The lowest BCUT2D eigenvalue weighted by atomic mass is 9.79. The zero-order valence-electron chi connectivity index (χ0n) is 40.8. The number of ether oxygens (including phenoxy) is 6. The molecule has 20 heteroatoms. The van der Waals surface area contributed by atoms with Crippen LogP contribution >= 0.6 is 0 Å². The smallest absolute Gasteiger partial charge is 0.379 e. The number of fused-ring (bicyclic) bond motifs is 1. The Bertz CT molecular complexity index is 1970. The van der Waals surface area contributed by atoms with E-state index in [0.717, 1.165) is 56.4 Å². The molecule has 2 saturated carbocycles. The average Bonchev–Trinajstić information content (AvgIpc) is 3.92. The van der Waals surface area contributed by atoms with E-state index in [0.29, 0.717) is 116 Å². The molecule has 0 radical (unpaired) electrons. The second-order valence-corrected chi connectivity index (χ2v) is 19.5. The van der Waals surface area contributed by atoms with Crippen molar-refractivity contribution in [1.29, 1.82) is 0 Å². The Balaban J connectivity index is 0.728. The van der Waals surface area contributed by atoms with Crippen LogP contribution in [0.25, 0.3) is 0 Å². The lowest BCUT2D eigenvalue weighted by molar-refractivity contribution is -0.143. The number of aliphatic hydroxyl groups is 1. The minimum atomic E-state index is -4.52. The highest BCUT2D eigenvalue weighted by atomic mass is 19.4. The summed E-state index contributed by atoms with van der Waals surface area (Å²) in [6.07, 6.45) is 7.60. The van der Waals surface area contributed by atoms with Crippen molar-refractivity contribution in [3.05, 3.63) is 59.2 Å². The fraction of sp³-hybridized carbons (Fsp3) is 0.740. The Morgan fingerprint density at radius 3 is 2.46 bits per heavy atom. The highest BCUT2D eigenvalue weighted by Crippen LogP contribution is 2.45.